The molecule has 8 heteroatoms. The molecule has 18 heavy (non-hydrogen) atoms. The van der Waals surface area contributed by atoms with Crippen LogP contribution in [0.5, 0.6) is 0 Å². The number of thiazole rings is 1. The standard InChI is InChI=1S/C10H15BrN4O2S/c1-5(2)8(12)9(17)13-4-7(16)15-10-14-3-6(11)18-10/h3,5,8H,4,12H2,1-2H3,(H,13,17)(H,14,15,16)/t8-/m0/s1. The van der Waals surface area contributed by atoms with Crippen LogP contribution in [0.4, 0.5) is 5.13 Å². The quantitative estimate of drug-likeness (QED) is 0.746. The summed E-state index contributed by atoms with van der Waals surface area (Å²) >= 11 is 4.54. The number of anilines is 1. The molecule has 1 atom stereocenters. The minimum absolute atomic E-state index is 0.0305. The second kappa shape index (κ2) is 6.81. The van der Waals surface area contributed by atoms with Crippen LogP contribution in [0.1, 0.15) is 13.8 Å². The van der Waals surface area contributed by atoms with E-state index in [0.29, 0.717) is 5.13 Å². The van der Waals surface area contributed by atoms with Crippen molar-refractivity contribution in [2.75, 3.05) is 11.9 Å². The van der Waals surface area contributed by atoms with Crippen molar-refractivity contribution in [1.29, 1.82) is 0 Å². The molecule has 0 aliphatic carbocycles. The maximum Gasteiger partial charge on any atom is 0.245 e. The number of hydrogen-bond donors (Lipinski definition) is 3. The minimum Gasteiger partial charge on any atom is -0.346 e. The Morgan fingerprint density at radius 1 is 1.56 bits per heavy atom. The summed E-state index contributed by atoms with van der Waals surface area (Å²) < 4.78 is 0.823. The Kier molecular flexibility index (Phi) is 5.70. The number of nitrogens with two attached hydrogens (primary N) is 1. The topological polar surface area (TPSA) is 97.1 Å². The zero-order chi connectivity index (χ0) is 13.7. The van der Waals surface area contributed by atoms with Gasteiger partial charge in [0.15, 0.2) is 5.13 Å². The first-order chi connectivity index (χ1) is 8.40. The lowest BCUT2D eigenvalue weighted by atomic mass is 10.1. The van der Waals surface area contributed by atoms with Gasteiger partial charge in [0.25, 0.3) is 0 Å². The van der Waals surface area contributed by atoms with Gasteiger partial charge < -0.3 is 16.4 Å². The first kappa shape index (κ1) is 15.1. The van der Waals surface area contributed by atoms with Gasteiger partial charge >= 0.3 is 0 Å². The van der Waals surface area contributed by atoms with Crippen LogP contribution < -0.4 is 16.4 Å². The summed E-state index contributed by atoms with van der Waals surface area (Å²) in [5.41, 5.74) is 5.64. The molecule has 4 N–H and O–H groups in total. The van der Waals surface area contributed by atoms with E-state index < -0.39 is 6.04 Å². The van der Waals surface area contributed by atoms with Gasteiger partial charge in [0.2, 0.25) is 11.8 Å². The molecule has 0 bridgehead atoms. The maximum absolute atomic E-state index is 11.5. The molecule has 100 valence electrons. The van der Waals surface area contributed by atoms with Crippen molar-refractivity contribution in [1.82, 2.24) is 10.3 Å². The summed E-state index contributed by atoms with van der Waals surface area (Å²) in [6.45, 7) is 3.57. The molecule has 6 nitrogen and oxygen atoms in total. The molecule has 2 amide bonds. The number of carbonyl (C=O) groups is 2. The normalized spacial score (nSPS) is 12.3. The molecule has 0 saturated carbocycles. The summed E-state index contributed by atoms with van der Waals surface area (Å²) in [4.78, 5) is 27.0. The highest BCUT2D eigenvalue weighted by Gasteiger charge is 2.17. The predicted molar refractivity (Wildman–Crippen MR) is 74.3 cm³/mol. The van der Waals surface area contributed by atoms with Gasteiger partial charge in [-0.05, 0) is 21.8 Å². The summed E-state index contributed by atoms with van der Waals surface area (Å²) in [7, 11) is 0. The largest absolute Gasteiger partial charge is 0.346 e. The van der Waals surface area contributed by atoms with Gasteiger partial charge in [0, 0.05) is 0 Å². The number of carbonyl (C=O) groups excluding carboxylic acids is 2. The lowest BCUT2D eigenvalue weighted by Gasteiger charge is -2.14. The average molecular weight is 335 g/mol. The minimum atomic E-state index is -0.605. The van der Waals surface area contributed by atoms with E-state index in [2.05, 4.69) is 31.5 Å². The zero-order valence-electron chi connectivity index (χ0n) is 10.1. The number of rotatable bonds is 5. The Morgan fingerprint density at radius 2 is 2.22 bits per heavy atom. The fraction of sp³-hybridized carbons (Fsp3) is 0.500. The highest BCUT2D eigenvalue weighted by atomic mass is 79.9. The third-order valence-corrected chi connectivity index (χ3v) is 3.56. The second-order valence-electron chi connectivity index (χ2n) is 4.01. The van der Waals surface area contributed by atoms with Crippen molar-refractivity contribution >= 4 is 44.2 Å². The van der Waals surface area contributed by atoms with Crippen molar-refractivity contribution < 1.29 is 9.59 Å². The van der Waals surface area contributed by atoms with E-state index in [9.17, 15) is 9.59 Å². The Labute approximate surface area is 117 Å². The highest BCUT2D eigenvalue weighted by molar-refractivity contribution is 9.11. The lowest BCUT2D eigenvalue weighted by Crippen LogP contribution is -2.46. The first-order valence-electron chi connectivity index (χ1n) is 5.34. The molecule has 1 aromatic heterocycles. The van der Waals surface area contributed by atoms with E-state index in [1.165, 1.54) is 11.3 Å². The molecule has 0 aliphatic heterocycles. The van der Waals surface area contributed by atoms with Crippen LogP contribution in [-0.2, 0) is 9.59 Å². The smallest absolute Gasteiger partial charge is 0.245 e. The Hall–Kier alpha value is -0.990. The molecule has 1 rings (SSSR count). The van der Waals surface area contributed by atoms with Crippen LogP contribution >= 0.6 is 27.3 Å². The third-order valence-electron chi connectivity index (χ3n) is 2.17. The molecular weight excluding hydrogens is 320 g/mol. The number of nitrogens with one attached hydrogen (secondary N) is 2. The van der Waals surface area contributed by atoms with Gasteiger partial charge in [-0.1, -0.05) is 25.2 Å². The van der Waals surface area contributed by atoms with Crippen LogP contribution in [0.15, 0.2) is 9.98 Å². The van der Waals surface area contributed by atoms with Crippen LogP contribution in [0.3, 0.4) is 0 Å². The second-order valence-corrected chi connectivity index (χ2v) is 6.42. The van der Waals surface area contributed by atoms with Gasteiger partial charge in [0.05, 0.1) is 22.6 Å². The molecule has 0 saturated heterocycles. The molecule has 0 aromatic carbocycles. The number of aromatic nitrogens is 1. The first-order valence-corrected chi connectivity index (χ1v) is 6.95. The van der Waals surface area contributed by atoms with Gasteiger partial charge in [-0.3, -0.25) is 9.59 Å². The van der Waals surface area contributed by atoms with Crippen LogP contribution in [-0.4, -0.2) is 29.4 Å². The van der Waals surface area contributed by atoms with Gasteiger partial charge in [-0.2, -0.15) is 0 Å². The summed E-state index contributed by atoms with van der Waals surface area (Å²) in [6, 6.07) is -0.605. The van der Waals surface area contributed by atoms with E-state index in [1.54, 1.807) is 6.20 Å². The maximum atomic E-state index is 11.5. The fourth-order valence-corrected chi connectivity index (χ4v) is 2.19. The summed E-state index contributed by atoms with van der Waals surface area (Å²) in [5, 5.41) is 5.53. The van der Waals surface area contributed by atoms with Crippen LogP contribution in [0, 0.1) is 5.92 Å². The van der Waals surface area contributed by atoms with E-state index in [-0.39, 0.29) is 24.3 Å². The van der Waals surface area contributed by atoms with Crippen molar-refractivity contribution in [3.63, 3.8) is 0 Å². The summed E-state index contributed by atoms with van der Waals surface area (Å²) in [5.74, 6) is -0.635. The molecule has 0 fully saturated rings. The molecule has 1 heterocycles. The highest BCUT2D eigenvalue weighted by Crippen LogP contribution is 2.22. The SMILES string of the molecule is CC(C)[C@H](N)C(=O)NCC(=O)Nc1ncc(Br)s1. The third kappa shape index (κ3) is 4.71. The van der Waals surface area contributed by atoms with Gasteiger partial charge in [-0.15, -0.1) is 0 Å². The molecule has 0 unspecified atom stereocenters. The molecule has 1 aromatic rings. The Balaban J connectivity index is 2.35. The van der Waals surface area contributed by atoms with Gasteiger partial charge in [0.1, 0.15) is 0 Å². The Morgan fingerprint density at radius 3 is 2.72 bits per heavy atom. The van der Waals surface area contributed by atoms with Crippen molar-refractivity contribution in [3.8, 4) is 0 Å². The number of hydrogen-bond acceptors (Lipinski definition) is 5. The van der Waals surface area contributed by atoms with E-state index >= 15 is 0 Å². The van der Waals surface area contributed by atoms with Crippen LogP contribution in [0.25, 0.3) is 0 Å². The fourth-order valence-electron chi connectivity index (χ4n) is 1.06. The zero-order valence-corrected chi connectivity index (χ0v) is 12.5. The predicted octanol–water partition coefficient (Wildman–Crippen LogP) is 0.944. The average Bonchev–Trinajstić information content (AvgIpc) is 2.70. The number of nitrogens with zero attached hydrogens (tertiary/aromatic N) is 1. The number of halogens is 1. The lowest BCUT2D eigenvalue weighted by molar-refractivity contribution is -0.125. The van der Waals surface area contributed by atoms with E-state index in [0.717, 1.165) is 3.79 Å². The monoisotopic (exact) mass is 334 g/mol. The van der Waals surface area contributed by atoms with Crippen molar-refractivity contribution in [3.05, 3.63) is 9.98 Å². The molecule has 0 spiro atoms. The summed E-state index contributed by atoms with van der Waals surface area (Å²) in [6.07, 6.45) is 1.59. The van der Waals surface area contributed by atoms with Gasteiger partial charge in [-0.25, -0.2) is 4.98 Å². The molecule has 0 radical (unpaired) electrons. The Bertz CT molecular complexity index is 435. The molecule has 0 aliphatic rings. The van der Waals surface area contributed by atoms with Crippen molar-refractivity contribution in [2.45, 2.75) is 19.9 Å². The van der Waals surface area contributed by atoms with E-state index in [1.807, 2.05) is 13.8 Å². The number of amides is 2. The molecular formula is C10H15BrN4O2S. The van der Waals surface area contributed by atoms with E-state index in [4.69, 9.17) is 5.73 Å². The van der Waals surface area contributed by atoms with Crippen molar-refractivity contribution in [2.24, 2.45) is 11.7 Å². The van der Waals surface area contributed by atoms with Crippen LogP contribution in [0.2, 0.25) is 0 Å².